The Kier molecular flexibility index (Phi) is 5.77. The molecule has 2 aliphatic heterocycles. The van der Waals surface area contributed by atoms with Gasteiger partial charge in [-0.05, 0) is 43.2 Å². The number of hydrogen-bond donors (Lipinski definition) is 2. The van der Waals surface area contributed by atoms with Gasteiger partial charge in [0.05, 0.1) is 6.04 Å². The van der Waals surface area contributed by atoms with Crippen LogP contribution in [0.1, 0.15) is 56.1 Å². The number of nitrogens with one attached hydrogen (secondary N) is 2. The number of likely N-dealkylation sites (tertiary alicyclic amines) is 1. The van der Waals surface area contributed by atoms with E-state index in [2.05, 4.69) is 22.8 Å². The maximum Gasteiger partial charge on any atom is 0.240 e. The lowest BCUT2D eigenvalue weighted by molar-refractivity contribution is -0.137. The minimum absolute atomic E-state index is 0.0658. The van der Waals surface area contributed by atoms with E-state index in [1.165, 1.54) is 30.4 Å². The van der Waals surface area contributed by atoms with E-state index in [4.69, 9.17) is 0 Å². The van der Waals surface area contributed by atoms with Gasteiger partial charge in [0.1, 0.15) is 0 Å². The standard InChI is InChI=1S/C22H31N3O2/c26-21(24-19-8-2-1-3-9-19)16-10-12-25(13-11-16)22(27)20-14-17-6-4-5-7-18(17)15-23-20/h4-7,16,19-20,23H,1-3,8-15H2,(H,24,26). The van der Waals surface area contributed by atoms with Gasteiger partial charge in [0.2, 0.25) is 11.8 Å². The van der Waals surface area contributed by atoms with Crippen LogP contribution in [-0.4, -0.2) is 41.9 Å². The molecule has 0 bridgehead atoms. The van der Waals surface area contributed by atoms with Crippen molar-refractivity contribution in [2.45, 2.75) is 70.0 Å². The van der Waals surface area contributed by atoms with Crippen molar-refractivity contribution in [1.82, 2.24) is 15.5 Å². The van der Waals surface area contributed by atoms with Crippen LogP contribution in [0.3, 0.4) is 0 Å². The molecule has 2 N–H and O–H groups in total. The average molecular weight is 370 g/mol. The lowest BCUT2D eigenvalue weighted by atomic mass is 9.91. The van der Waals surface area contributed by atoms with Crippen LogP contribution >= 0.6 is 0 Å². The fourth-order valence-corrected chi connectivity index (χ4v) is 4.78. The minimum Gasteiger partial charge on any atom is -0.353 e. The van der Waals surface area contributed by atoms with Crippen LogP contribution in [0.15, 0.2) is 24.3 Å². The Balaban J connectivity index is 1.26. The van der Waals surface area contributed by atoms with Crippen molar-refractivity contribution >= 4 is 11.8 Å². The van der Waals surface area contributed by atoms with E-state index in [1.54, 1.807) is 0 Å². The van der Waals surface area contributed by atoms with Gasteiger partial charge in [-0.15, -0.1) is 0 Å². The highest BCUT2D eigenvalue weighted by atomic mass is 16.2. The molecule has 2 fully saturated rings. The molecule has 4 rings (SSSR count). The van der Waals surface area contributed by atoms with Gasteiger partial charge in [-0.2, -0.15) is 0 Å². The van der Waals surface area contributed by atoms with E-state index in [9.17, 15) is 9.59 Å². The van der Waals surface area contributed by atoms with Crippen molar-refractivity contribution in [1.29, 1.82) is 0 Å². The summed E-state index contributed by atoms with van der Waals surface area (Å²) in [4.78, 5) is 27.4. The van der Waals surface area contributed by atoms with E-state index >= 15 is 0 Å². The third kappa shape index (κ3) is 4.34. The highest BCUT2D eigenvalue weighted by molar-refractivity contribution is 5.83. The first-order valence-corrected chi connectivity index (χ1v) is 10.6. The van der Waals surface area contributed by atoms with E-state index in [-0.39, 0.29) is 23.8 Å². The van der Waals surface area contributed by atoms with Gasteiger partial charge in [0.25, 0.3) is 0 Å². The predicted molar refractivity (Wildman–Crippen MR) is 105 cm³/mol. The SMILES string of the molecule is O=C(NC1CCCCC1)C1CCN(C(=O)C2Cc3ccccc3CN2)CC1. The maximum absolute atomic E-state index is 12.9. The summed E-state index contributed by atoms with van der Waals surface area (Å²) >= 11 is 0. The summed E-state index contributed by atoms with van der Waals surface area (Å²) in [6.07, 6.45) is 8.34. The van der Waals surface area contributed by atoms with Crippen molar-refractivity contribution in [2.75, 3.05) is 13.1 Å². The number of benzene rings is 1. The molecule has 3 aliphatic rings. The number of amides is 2. The quantitative estimate of drug-likeness (QED) is 0.860. The maximum atomic E-state index is 12.9. The van der Waals surface area contributed by atoms with Crippen molar-refractivity contribution < 1.29 is 9.59 Å². The summed E-state index contributed by atoms with van der Waals surface area (Å²) in [5.74, 6) is 0.463. The Morgan fingerprint density at radius 3 is 2.41 bits per heavy atom. The Bertz CT molecular complexity index is 676. The minimum atomic E-state index is -0.132. The summed E-state index contributed by atoms with van der Waals surface area (Å²) in [5.41, 5.74) is 2.57. The van der Waals surface area contributed by atoms with Gasteiger partial charge in [0, 0.05) is 31.6 Å². The summed E-state index contributed by atoms with van der Waals surface area (Å²) in [6.45, 7) is 2.15. The first kappa shape index (κ1) is 18.5. The first-order valence-electron chi connectivity index (χ1n) is 10.6. The van der Waals surface area contributed by atoms with Crippen molar-refractivity contribution in [3.05, 3.63) is 35.4 Å². The Morgan fingerprint density at radius 1 is 0.963 bits per heavy atom. The molecule has 27 heavy (non-hydrogen) atoms. The Hall–Kier alpha value is -1.88. The van der Waals surface area contributed by atoms with E-state index in [1.807, 2.05) is 17.0 Å². The van der Waals surface area contributed by atoms with Crippen LogP contribution in [0.25, 0.3) is 0 Å². The van der Waals surface area contributed by atoms with Crippen LogP contribution in [0.4, 0.5) is 0 Å². The normalized spacial score (nSPS) is 24.3. The number of carbonyl (C=O) groups is 2. The van der Waals surface area contributed by atoms with Crippen LogP contribution in [-0.2, 0) is 22.6 Å². The molecule has 1 saturated heterocycles. The Morgan fingerprint density at radius 2 is 1.67 bits per heavy atom. The third-order valence-corrected chi connectivity index (χ3v) is 6.51. The molecule has 146 valence electrons. The van der Waals surface area contributed by atoms with Crippen molar-refractivity contribution in [3.8, 4) is 0 Å². The molecule has 0 spiro atoms. The van der Waals surface area contributed by atoms with Crippen molar-refractivity contribution in [3.63, 3.8) is 0 Å². The highest BCUT2D eigenvalue weighted by Crippen LogP contribution is 2.23. The number of carbonyl (C=O) groups excluding carboxylic acids is 2. The molecule has 5 nitrogen and oxygen atoms in total. The largest absolute Gasteiger partial charge is 0.353 e. The molecular weight excluding hydrogens is 338 g/mol. The second-order valence-electron chi connectivity index (χ2n) is 8.35. The fourth-order valence-electron chi connectivity index (χ4n) is 4.78. The molecule has 2 amide bonds. The zero-order valence-corrected chi connectivity index (χ0v) is 16.1. The number of hydrogen-bond acceptors (Lipinski definition) is 3. The summed E-state index contributed by atoms with van der Waals surface area (Å²) < 4.78 is 0. The highest BCUT2D eigenvalue weighted by Gasteiger charge is 2.32. The average Bonchev–Trinajstić information content (AvgIpc) is 2.73. The van der Waals surface area contributed by atoms with Crippen LogP contribution in [0.5, 0.6) is 0 Å². The predicted octanol–water partition coefficient (Wildman–Crippen LogP) is 2.39. The smallest absolute Gasteiger partial charge is 0.240 e. The zero-order chi connectivity index (χ0) is 18.6. The molecule has 2 heterocycles. The van der Waals surface area contributed by atoms with Crippen LogP contribution in [0, 0.1) is 5.92 Å². The molecule has 5 heteroatoms. The van der Waals surface area contributed by atoms with Crippen LogP contribution in [0.2, 0.25) is 0 Å². The molecule has 1 aliphatic carbocycles. The fraction of sp³-hybridized carbons (Fsp3) is 0.636. The molecule has 1 saturated carbocycles. The van der Waals surface area contributed by atoms with E-state index < -0.39 is 0 Å². The lowest BCUT2D eigenvalue weighted by Crippen LogP contribution is -2.52. The second kappa shape index (κ2) is 8.42. The first-order chi connectivity index (χ1) is 13.2. The lowest BCUT2D eigenvalue weighted by Gasteiger charge is -2.36. The van der Waals surface area contributed by atoms with Crippen LogP contribution < -0.4 is 10.6 Å². The van der Waals surface area contributed by atoms with Crippen molar-refractivity contribution in [2.24, 2.45) is 5.92 Å². The molecular formula is C22H31N3O2. The molecule has 1 aromatic carbocycles. The molecule has 0 radical (unpaired) electrons. The second-order valence-corrected chi connectivity index (χ2v) is 8.35. The Labute approximate surface area is 161 Å². The zero-order valence-electron chi connectivity index (χ0n) is 16.1. The third-order valence-electron chi connectivity index (χ3n) is 6.51. The number of rotatable bonds is 3. The molecule has 0 aromatic heterocycles. The number of nitrogens with zero attached hydrogens (tertiary/aromatic N) is 1. The summed E-state index contributed by atoms with van der Waals surface area (Å²) in [7, 11) is 0. The van der Waals surface area contributed by atoms with Gasteiger partial charge in [-0.25, -0.2) is 0 Å². The molecule has 1 unspecified atom stereocenters. The molecule has 1 aromatic rings. The van der Waals surface area contributed by atoms with Gasteiger partial charge in [0.15, 0.2) is 0 Å². The van der Waals surface area contributed by atoms with Gasteiger partial charge in [-0.1, -0.05) is 43.5 Å². The van der Waals surface area contributed by atoms with Gasteiger partial charge >= 0.3 is 0 Å². The molecule has 1 atom stereocenters. The summed E-state index contributed by atoms with van der Waals surface area (Å²) in [6, 6.07) is 8.58. The monoisotopic (exact) mass is 369 g/mol. The van der Waals surface area contributed by atoms with E-state index in [0.717, 1.165) is 38.6 Å². The summed E-state index contributed by atoms with van der Waals surface area (Å²) in [5, 5.41) is 6.64. The van der Waals surface area contributed by atoms with Gasteiger partial charge in [-0.3, -0.25) is 9.59 Å². The number of piperidine rings is 1. The topological polar surface area (TPSA) is 61.4 Å². The van der Waals surface area contributed by atoms with E-state index in [0.29, 0.717) is 19.1 Å². The van der Waals surface area contributed by atoms with Gasteiger partial charge < -0.3 is 15.5 Å². The number of fused-ring (bicyclic) bond motifs is 1.